The Morgan fingerprint density at radius 1 is 1.29 bits per heavy atom. The second kappa shape index (κ2) is 6.34. The fraction of sp³-hybridized carbons (Fsp3) is 0.500. The monoisotopic (exact) mass is 331 g/mol. The standard InChI is InChI=1S/C14H18ClNO4S/c1-21(19,20)13-8-9(2-7-12(13)15)14(18)16-10-3-5-11(17)6-4-10/h2,7-8,10-11,17H,3-6H2,1H3,(H,16,18). The number of halogens is 1. The van der Waals surface area contributed by atoms with Crippen LogP contribution in [-0.2, 0) is 9.84 Å². The number of hydrogen-bond acceptors (Lipinski definition) is 4. The van der Waals surface area contributed by atoms with E-state index in [9.17, 15) is 18.3 Å². The maximum Gasteiger partial charge on any atom is 0.251 e. The van der Waals surface area contributed by atoms with Crippen molar-refractivity contribution < 1.29 is 18.3 Å². The molecule has 1 amide bonds. The highest BCUT2D eigenvalue weighted by atomic mass is 35.5. The van der Waals surface area contributed by atoms with E-state index in [1.807, 2.05) is 0 Å². The van der Waals surface area contributed by atoms with Crippen LogP contribution in [0.3, 0.4) is 0 Å². The van der Waals surface area contributed by atoms with Crippen LogP contribution in [0.5, 0.6) is 0 Å². The third kappa shape index (κ3) is 4.18. The Bertz CT molecular complexity index is 636. The fourth-order valence-electron chi connectivity index (χ4n) is 2.42. The van der Waals surface area contributed by atoms with Crippen LogP contribution in [-0.4, -0.2) is 37.8 Å². The summed E-state index contributed by atoms with van der Waals surface area (Å²) in [5, 5.41) is 12.4. The van der Waals surface area contributed by atoms with E-state index in [0.29, 0.717) is 12.8 Å². The maximum atomic E-state index is 12.2. The summed E-state index contributed by atoms with van der Waals surface area (Å²) in [5.74, 6) is -0.321. The number of carbonyl (C=O) groups is 1. The second-order valence-corrected chi connectivity index (χ2v) is 7.79. The Kier molecular flexibility index (Phi) is 4.91. The number of rotatable bonds is 3. The lowest BCUT2D eigenvalue weighted by molar-refractivity contribution is 0.0867. The molecule has 5 nitrogen and oxygen atoms in total. The van der Waals surface area contributed by atoms with Gasteiger partial charge in [0.1, 0.15) is 0 Å². The van der Waals surface area contributed by atoms with Crippen LogP contribution in [0.1, 0.15) is 36.0 Å². The van der Waals surface area contributed by atoms with Crippen molar-refractivity contribution in [3.05, 3.63) is 28.8 Å². The van der Waals surface area contributed by atoms with Crippen molar-refractivity contribution in [2.45, 2.75) is 42.7 Å². The maximum absolute atomic E-state index is 12.2. The lowest BCUT2D eigenvalue weighted by Gasteiger charge is -2.26. The van der Waals surface area contributed by atoms with Crippen molar-refractivity contribution in [1.82, 2.24) is 5.32 Å². The molecule has 0 bridgehead atoms. The molecule has 1 aromatic rings. The van der Waals surface area contributed by atoms with Crippen LogP contribution in [0.2, 0.25) is 5.02 Å². The Morgan fingerprint density at radius 3 is 2.48 bits per heavy atom. The molecular weight excluding hydrogens is 314 g/mol. The first-order valence-corrected chi connectivity index (χ1v) is 9.03. The van der Waals surface area contributed by atoms with Crippen molar-refractivity contribution in [2.24, 2.45) is 0 Å². The molecule has 0 heterocycles. The van der Waals surface area contributed by atoms with Crippen LogP contribution in [0, 0.1) is 0 Å². The number of amides is 1. The van der Waals surface area contributed by atoms with Crippen molar-refractivity contribution in [1.29, 1.82) is 0 Å². The van der Waals surface area contributed by atoms with Crippen molar-refractivity contribution >= 4 is 27.3 Å². The summed E-state index contributed by atoms with van der Waals surface area (Å²) in [6.45, 7) is 0. The molecule has 116 valence electrons. The van der Waals surface area contributed by atoms with Crippen molar-refractivity contribution in [3.8, 4) is 0 Å². The minimum atomic E-state index is -3.47. The van der Waals surface area contributed by atoms with Crippen LogP contribution in [0.4, 0.5) is 0 Å². The molecule has 21 heavy (non-hydrogen) atoms. The van der Waals surface area contributed by atoms with E-state index in [1.165, 1.54) is 18.2 Å². The zero-order chi connectivity index (χ0) is 15.6. The fourth-order valence-corrected chi connectivity index (χ4v) is 3.72. The first-order chi connectivity index (χ1) is 9.77. The van der Waals surface area contributed by atoms with Gasteiger partial charge in [0.25, 0.3) is 5.91 Å². The first-order valence-electron chi connectivity index (χ1n) is 6.76. The molecule has 7 heteroatoms. The van der Waals surface area contributed by atoms with Gasteiger partial charge in [0, 0.05) is 17.9 Å². The highest BCUT2D eigenvalue weighted by molar-refractivity contribution is 7.90. The zero-order valence-corrected chi connectivity index (χ0v) is 13.2. The molecule has 2 N–H and O–H groups in total. The minimum absolute atomic E-state index is 0.0123. The van der Waals surface area contributed by atoms with Crippen LogP contribution < -0.4 is 5.32 Å². The van der Waals surface area contributed by atoms with E-state index in [0.717, 1.165) is 19.1 Å². The number of aliphatic hydroxyl groups excluding tert-OH is 1. The molecule has 0 radical (unpaired) electrons. The summed E-state index contributed by atoms with van der Waals surface area (Å²) in [6.07, 6.45) is 3.54. The van der Waals surface area contributed by atoms with Gasteiger partial charge in [-0.3, -0.25) is 4.79 Å². The van der Waals surface area contributed by atoms with E-state index in [2.05, 4.69) is 5.32 Å². The average molecular weight is 332 g/mol. The van der Waals surface area contributed by atoms with Gasteiger partial charge in [-0.05, 0) is 43.9 Å². The van der Waals surface area contributed by atoms with Crippen molar-refractivity contribution in [3.63, 3.8) is 0 Å². The summed E-state index contributed by atoms with van der Waals surface area (Å²) >= 11 is 5.85. The number of sulfone groups is 1. The molecule has 0 unspecified atom stereocenters. The Balaban J connectivity index is 2.13. The number of nitrogens with one attached hydrogen (secondary N) is 1. The van der Waals surface area contributed by atoms with E-state index < -0.39 is 9.84 Å². The summed E-state index contributed by atoms with van der Waals surface area (Å²) < 4.78 is 23.2. The van der Waals surface area contributed by atoms with Gasteiger partial charge in [-0.15, -0.1) is 0 Å². The van der Waals surface area contributed by atoms with E-state index in [4.69, 9.17) is 11.6 Å². The lowest BCUT2D eigenvalue weighted by Crippen LogP contribution is -2.38. The predicted molar refractivity (Wildman–Crippen MR) is 80.3 cm³/mol. The Morgan fingerprint density at radius 2 is 1.90 bits per heavy atom. The van der Waals surface area contributed by atoms with Gasteiger partial charge in [0.2, 0.25) is 0 Å². The Labute approximate surface area is 129 Å². The van der Waals surface area contributed by atoms with E-state index in [-0.39, 0.29) is 33.5 Å². The molecule has 0 spiro atoms. The number of carbonyl (C=O) groups excluding carboxylic acids is 1. The summed E-state index contributed by atoms with van der Waals surface area (Å²) in [7, 11) is -3.47. The second-order valence-electron chi connectivity index (χ2n) is 5.40. The normalized spacial score (nSPS) is 22.8. The summed E-state index contributed by atoms with van der Waals surface area (Å²) in [6, 6.07) is 4.23. The predicted octanol–water partition coefficient (Wildman–Crippen LogP) is 1.78. The summed E-state index contributed by atoms with van der Waals surface area (Å²) in [4.78, 5) is 12.1. The van der Waals surface area contributed by atoms with Gasteiger partial charge in [-0.2, -0.15) is 0 Å². The third-order valence-corrected chi connectivity index (χ3v) is 5.20. The molecule has 2 rings (SSSR count). The van der Waals surface area contributed by atoms with Gasteiger partial charge < -0.3 is 10.4 Å². The molecule has 1 fully saturated rings. The van der Waals surface area contributed by atoms with Crippen LogP contribution >= 0.6 is 11.6 Å². The lowest BCUT2D eigenvalue weighted by atomic mass is 9.93. The molecule has 1 aliphatic carbocycles. The molecule has 0 aliphatic heterocycles. The third-order valence-electron chi connectivity index (χ3n) is 3.62. The van der Waals surface area contributed by atoms with E-state index >= 15 is 0 Å². The molecule has 0 saturated heterocycles. The molecule has 1 aliphatic rings. The average Bonchev–Trinajstić information content (AvgIpc) is 2.40. The number of hydrogen-bond donors (Lipinski definition) is 2. The van der Waals surface area contributed by atoms with E-state index in [1.54, 1.807) is 0 Å². The quantitative estimate of drug-likeness (QED) is 0.884. The van der Waals surface area contributed by atoms with Gasteiger partial charge in [-0.25, -0.2) is 8.42 Å². The number of benzene rings is 1. The first kappa shape index (κ1) is 16.3. The highest BCUT2D eigenvalue weighted by Crippen LogP contribution is 2.23. The van der Waals surface area contributed by atoms with Crippen LogP contribution in [0.25, 0.3) is 0 Å². The SMILES string of the molecule is CS(=O)(=O)c1cc(C(=O)NC2CCC(O)CC2)ccc1Cl. The van der Waals surface area contributed by atoms with Crippen LogP contribution in [0.15, 0.2) is 23.1 Å². The molecule has 1 saturated carbocycles. The molecule has 0 aromatic heterocycles. The molecule has 1 aromatic carbocycles. The highest BCUT2D eigenvalue weighted by Gasteiger charge is 2.22. The molecule has 0 atom stereocenters. The van der Waals surface area contributed by atoms with Gasteiger partial charge >= 0.3 is 0 Å². The smallest absolute Gasteiger partial charge is 0.251 e. The number of aliphatic hydroxyl groups is 1. The van der Waals surface area contributed by atoms with Gasteiger partial charge in [0.15, 0.2) is 9.84 Å². The topological polar surface area (TPSA) is 83.5 Å². The molecular formula is C14H18ClNO4S. The Hall–Kier alpha value is -1.11. The van der Waals surface area contributed by atoms with Gasteiger partial charge in [-0.1, -0.05) is 11.6 Å². The van der Waals surface area contributed by atoms with Crippen molar-refractivity contribution in [2.75, 3.05) is 6.26 Å². The zero-order valence-electron chi connectivity index (χ0n) is 11.7. The largest absolute Gasteiger partial charge is 0.393 e. The summed E-state index contributed by atoms with van der Waals surface area (Å²) in [5.41, 5.74) is 0.269. The minimum Gasteiger partial charge on any atom is -0.393 e. The van der Waals surface area contributed by atoms with Gasteiger partial charge in [0.05, 0.1) is 16.0 Å².